The van der Waals surface area contributed by atoms with Gasteiger partial charge in [0, 0.05) is 38.8 Å². The predicted octanol–water partition coefficient (Wildman–Crippen LogP) is 2.36. The molecule has 1 fully saturated rings. The van der Waals surface area contributed by atoms with Gasteiger partial charge in [-0.25, -0.2) is 0 Å². The summed E-state index contributed by atoms with van der Waals surface area (Å²) >= 11 is 0. The summed E-state index contributed by atoms with van der Waals surface area (Å²) in [6.45, 7) is 6.07. The molecule has 2 aliphatic rings. The van der Waals surface area contributed by atoms with Gasteiger partial charge in [0.15, 0.2) is 0 Å². The molecule has 2 heterocycles. The number of hydrogen-bond acceptors (Lipinski definition) is 4. The third-order valence-electron chi connectivity index (χ3n) is 5.31. The van der Waals surface area contributed by atoms with Crippen LogP contribution in [0.15, 0.2) is 28.8 Å². The summed E-state index contributed by atoms with van der Waals surface area (Å²) in [5.41, 5.74) is 5.03. The van der Waals surface area contributed by atoms with Crippen molar-refractivity contribution in [3.8, 4) is 0 Å². The monoisotopic (exact) mass is 339 g/mol. The van der Waals surface area contributed by atoms with Gasteiger partial charge >= 0.3 is 0 Å². The zero-order valence-corrected chi connectivity index (χ0v) is 14.8. The molecule has 1 aromatic carbocycles. The Labute approximate surface area is 148 Å². The maximum absolute atomic E-state index is 12.6. The Hall–Kier alpha value is -2.14. The van der Waals surface area contributed by atoms with E-state index in [2.05, 4.69) is 28.3 Å². The number of piperazine rings is 1. The Morgan fingerprint density at radius 3 is 2.68 bits per heavy atom. The molecular formula is C20H25N3O2. The summed E-state index contributed by atoms with van der Waals surface area (Å²) in [6.07, 6.45) is 4.13. The van der Waals surface area contributed by atoms with E-state index in [9.17, 15) is 4.79 Å². The molecule has 1 aliphatic carbocycles. The molecule has 0 atom stereocenters. The van der Waals surface area contributed by atoms with Gasteiger partial charge in [0.05, 0.1) is 12.1 Å². The first kappa shape index (κ1) is 16.3. The van der Waals surface area contributed by atoms with Gasteiger partial charge in [-0.15, -0.1) is 0 Å². The fraction of sp³-hybridized carbons (Fsp3) is 0.500. The Kier molecular flexibility index (Phi) is 4.57. The Balaban J connectivity index is 1.29. The number of benzene rings is 1. The van der Waals surface area contributed by atoms with Gasteiger partial charge < -0.3 is 9.42 Å². The first-order valence-corrected chi connectivity index (χ1v) is 9.20. The zero-order valence-electron chi connectivity index (χ0n) is 14.8. The molecule has 1 amide bonds. The molecule has 1 aliphatic heterocycles. The van der Waals surface area contributed by atoms with Crippen molar-refractivity contribution in [3.63, 3.8) is 0 Å². The van der Waals surface area contributed by atoms with Crippen molar-refractivity contribution in [3.05, 3.63) is 52.4 Å². The zero-order chi connectivity index (χ0) is 17.2. The van der Waals surface area contributed by atoms with E-state index in [1.54, 1.807) is 0 Å². The van der Waals surface area contributed by atoms with E-state index < -0.39 is 0 Å². The molecule has 1 aromatic heterocycles. The molecular weight excluding hydrogens is 314 g/mol. The minimum atomic E-state index is 0.245. The van der Waals surface area contributed by atoms with E-state index in [0.717, 1.165) is 56.2 Å². The van der Waals surface area contributed by atoms with Gasteiger partial charge in [-0.05, 0) is 42.9 Å². The third-order valence-corrected chi connectivity index (χ3v) is 5.31. The van der Waals surface area contributed by atoms with Crippen molar-refractivity contribution in [2.75, 3.05) is 26.2 Å². The van der Waals surface area contributed by atoms with Gasteiger partial charge in [0.1, 0.15) is 5.76 Å². The van der Waals surface area contributed by atoms with Crippen molar-refractivity contribution >= 4 is 5.91 Å². The Morgan fingerprint density at radius 2 is 1.92 bits per heavy atom. The molecule has 132 valence electrons. The second-order valence-electron chi connectivity index (χ2n) is 7.22. The first-order valence-electron chi connectivity index (χ1n) is 9.20. The minimum Gasteiger partial charge on any atom is -0.361 e. The number of aryl methyl sites for hydroxylation is 3. The fourth-order valence-electron chi connectivity index (χ4n) is 3.90. The lowest BCUT2D eigenvalue weighted by molar-refractivity contribution is -0.132. The summed E-state index contributed by atoms with van der Waals surface area (Å²) < 4.78 is 5.12. The molecule has 0 spiro atoms. The van der Waals surface area contributed by atoms with Crippen LogP contribution >= 0.6 is 0 Å². The predicted molar refractivity (Wildman–Crippen MR) is 95.3 cm³/mol. The third kappa shape index (κ3) is 3.76. The smallest absolute Gasteiger partial charge is 0.227 e. The average molecular weight is 339 g/mol. The highest BCUT2D eigenvalue weighted by Gasteiger charge is 2.22. The molecule has 2 aromatic rings. The van der Waals surface area contributed by atoms with Gasteiger partial charge in [0.25, 0.3) is 0 Å². The number of carbonyl (C=O) groups is 1. The number of aromatic nitrogens is 1. The largest absolute Gasteiger partial charge is 0.361 e. The van der Waals surface area contributed by atoms with Gasteiger partial charge in [-0.1, -0.05) is 23.4 Å². The summed E-state index contributed by atoms with van der Waals surface area (Å²) in [5.74, 6) is 1.09. The molecule has 1 saturated heterocycles. The SMILES string of the molecule is Cc1cc(CN2CCN(C(=O)Cc3ccc4c(c3)CCC4)CC2)no1. The highest BCUT2D eigenvalue weighted by Crippen LogP contribution is 2.23. The number of rotatable bonds is 4. The Morgan fingerprint density at radius 1 is 1.12 bits per heavy atom. The number of nitrogens with zero attached hydrogens (tertiary/aromatic N) is 3. The van der Waals surface area contributed by atoms with Crippen LogP contribution in [0.4, 0.5) is 0 Å². The van der Waals surface area contributed by atoms with E-state index in [0.29, 0.717) is 6.42 Å². The molecule has 4 rings (SSSR count). The van der Waals surface area contributed by atoms with E-state index in [1.807, 2.05) is 17.9 Å². The number of hydrogen-bond donors (Lipinski definition) is 0. The van der Waals surface area contributed by atoms with Crippen LogP contribution in [-0.4, -0.2) is 47.0 Å². The standard InChI is InChI=1S/C20H25N3O2/c1-15-11-19(21-25-15)14-22-7-9-23(10-8-22)20(24)13-16-5-6-17-3-2-4-18(17)12-16/h5-6,11-12H,2-4,7-10,13-14H2,1H3. The van der Waals surface area contributed by atoms with E-state index in [-0.39, 0.29) is 5.91 Å². The van der Waals surface area contributed by atoms with E-state index in [1.165, 1.54) is 24.0 Å². The molecule has 0 N–H and O–H groups in total. The summed E-state index contributed by atoms with van der Waals surface area (Å²) in [7, 11) is 0. The molecule has 0 bridgehead atoms. The van der Waals surface area contributed by atoms with Gasteiger partial charge in [-0.3, -0.25) is 9.69 Å². The Bertz CT molecular complexity index is 760. The second-order valence-corrected chi connectivity index (χ2v) is 7.22. The first-order chi connectivity index (χ1) is 12.2. The van der Waals surface area contributed by atoms with Crippen molar-refractivity contribution < 1.29 is 9.32 Å². The van der Waals surface area contributed by atoms with Crippen LogP contribution in [0.25, 0.3) is 0 Å². The molecule has 5 heteroatoms. The van der Waals surface area contributed by atoms with Crippen molar-refractivity contribution in [1.82, 2.24) is 15.0 Å². The highest BCUT2D eigenvalue weighted by molar-refractivity contribution is 5.79. The minimum absolute atomic E-state index is 0.245. The topological polar surface area (TPSA) is 49.6 Å². The lowest BCUT2D eigenvalue weighted by Gasteiger charge is -2.34. The molecule has 0 saturated carbocycles. The molecule has 0 radical (unpaired) electrons. The number of fused-ring (bicyclic) bond motifs is 1. The van der Waals surface area contributed by atoms with Crippen molar-refractivity contribution in [2.24, 2.45) is 0 Å². The lowest BCUT2D eigenvalue weighted by atomic mass is 10.0. The van der Waals surface area contributed by atoms with Crippen LogP contribution in [0.3, 0.4) is 0 Å². The van der Waals surface area contributed by atoms with Crippen LogP contribution in [0.5, 0.6) is 0 Å². The average Bonchev–Trinajstić information content (AvgIpc) is 3.24. The number of carbonyl (C=O) groups excluding carboxylic acids is 1. The van der Waals surface area contributed by atoms with Crippen molar-refractivity contribution in [1.29, 1.82) is 0 Å². The summed E-state index contributed by atoms with van der Waals surface area (Å²) in [4.78, 5) is 16.9. The van der Waals surface area contributed by atoms with Gasteiger partial charge in [0.2, 0.25) is 5.91 Å². The molecule has 25 heavy (non-hydrogen) atoms. The van der Waals surface area contributed by atoms with Gasteiger partial charge in [-0.2, -0.15) is 0 Å². The molecule has 0 unspecified atom stereocenters. The number of amides is 1. The van der Waals surface area contributed by atoms with E-state index >= 15 is 0 Å². The second kappa shape index (κ2) is 7.00. The quantitative estimate of drug-likeness (QED) is 0.858. The molecule has 5 nitrogen and oxygen atoms in total. The maximum atomic E-state index is 12.6. The van der Waals surface area contributed by atoms with Crippen LogP contribution in [0.1, 0.15) is 34.6 Å². The normalized spacial score (nSPS) is 17.7. The van der Waals surface area contributed by atoms with Crippen molar-refractivity contribution in [2.45, 2.75) is 39.2 Å². The van der Waals surface area contributed by atoms with E-state index in [4.69, 9.17) is 4.52 Å². The van der Waals surface area contributed by atoms with Crippen LogP contribution in [0, 0.1) is 6.92 Å². The van der Waals surface area contributed by atoms with Crippen LogP contribution < -0.4 is 0 Å². The summed E-state index contributed by atoms with van der Waals surface area (Å²) in [6, 6.07) is 8.56. The van der Waals surface area contributed by atoms with Crippen LogP contribution in [0.2, 0.25) is 0 Å². The van der Waals surface area contributed by atoms with Crippen LogP contribution in [-0.2, 0) is 30.6 Å². The summed E-state index contributed by atoms with van der Waals surface area (Å²) in [5, 5.41) is 4.05. The fourth-order valence-corrected chi connectivity index (χ4v) is 3.90. The highest BCUT2D eigenvalue weighted by atomic mass is 16.5. The lowest BCUT2D eigenvalue weighted by Crippen LogP contribution is -2.48. The maximum Gasteiger partial charge on any atom is 0.227 e.